The SMILES string of the molecule is CSCC[C@@H]1NC(=O)[C@@H](NC(C)=O)C(C)(C)SSC(C)(C)[C@@H](C(N)=O)NC(=O)CNC(=O)[C@H](CCCN=C(N)N)NC(=O)[C@H](CC(C)C)NC(=O)[C@H](CCCN=C(N)N)NC(=O)[C@@H]2CCCN2C1=O. The molecule has 7 atom stereocenters. The van der Waals surface area contributed by atoms with E-state index in [1.54, 1.807) is 27.7 Å². The molecule has 27 heteroatoms. The van der Waals surface area contributed by atoms with Gasteiger partial charge in [0, 0.05) is 36.1 Å². The van der Waals surface area contributed by atoms with Gasteiger partial charge in [0.25, 0.3) is 0 Å². The van der Waals surface area contributed by atoms with Crippen molar-refractivity contribution in [2.75, 3.05) is 38.2 Å². The zero-order chi connectivity index (χ0) is 52.2. The molecule has 0 unspecified atom stereocenters. The molecule has 24 nitrogen and oxygen atoms in total. The number of nitrogens with one attached hydrogen (secondary N) is 7. The van der Waals surface area contributed by atoms with Crippen LogP contribution in [0.4, 0.5) is 0 Å². The lowest BCUT2D eigenvalue weighted by molar-refractivity contribution is -0.142. The highest BCUT2D eigenvalue weighted by Gasteiger charge is 2.45. The van der Waals surface area contributed by atoms with Gasteiger partial charge < -0.3 is 70.8 Å². The highest BCUT2D eigenvalue weighted by atomic mass is 33.1. The third kappa shape index (κ3) is 20.4. The van der Waals surface area contributed by atoms with Crippen molar-refractivity contribution in [1.82, 2.24) is 42.1 Å². The van der Waals surface area contributed by atoms with E-state index in [1.165, 1.54) is 23.6 Å². The van der Waals surface area contributed by atoms with Crippen LogP contribution in [0.2, 0.25) is 0 Å². The monoisotopic (exact) mass is 1030 g/mol. The molecular formula is C42H75N15O9S3. The van der Waals surface area contributed by atoms with E-state index in [-0.39, 0.29) is 82.4 Å². The fourth-order valence-electron chi connectivity index (χ4n) is 7.47. The second-order valence-electron chi connectivity index (χ2n) is 18.4. The Morgan fingerprint density at radius 3 is 1.80 bits per heavy atom. The summed E-state index contributed by atoms with van der Waals surface area (Å²) in [7, 11) is 2.24. The molecule has 390 valence electrons. The number of guanidine groups is 2. The summed E-state index contributed by atoms with van der Waals surface area (Å²) in [5.74, 6) is -6.46. The van der Waals surface area contributed by atoms with Crippen LogP contribution in [0.1, 0.15) is 99.8 Å². The van der Waals surface area contributed by atoms with Crippen molar-refractivity contribution >= 4 is 98.4 Å². The van der Waals surface area contributed by atoms with E-state index in [0.717, 1.165) is 21.6 Å². The number of rotatable bonds is 15. The lowest BCUT2D eigenvalue weighted by Crippen LogP contribution is -2.61. The maximum absolute atomic E-state index is 14.5. The lowest BCUT2D eigenvalue weighted by Gasteiger charge is -2.38. The third-order valence-corrected chi connectivity index (χ3v) is 15.9. The molecule has 2 aliphatic heterocycles. The fraction of sp³-hybridized carbons (Fsp3) is 0.738. The van der Waals surface area contributed by atoms with Gasteiger partial charge in [0.05, 0.1) is 6.54 Å². The summed E-state index contributed by atoms with van der Waals surface area (Å²) >= 11 is 1.44. The first-order chi connectivity index (χ1) is 32.2. The predicted octanol–water partition coefficient (Wildman–Crippen LogP) is -2.63. The van der Waals surface area contributed by atoms with Crippen molar-refractivity contribution in [2.45, 2.75) is 152 Å². The van der Waals surface area contributed by atoms with Crippen LogP contribution in [-0.2, 0) is 43.2 Å². The fourth-order valence-corrected chi connectivity index (χ4v) is 10.8. The number of nitrogens with zero attached hydrogens (tertiary/aromatic N) is 3. The van der Waals surface area contributed by atoms with Crippen LogP contribution in [0.15, 0.2) is 9.98 Å². The number of thioether (sulfide) groups is 1. The summed E-state index contributed by atoms with van der Waals surface area (Å²) in [5, 5.41) is 18.8. The van der Waals surface area contributed by atoms with E-state index >= 15 is 0 Å². The molecule has 2 fully saturated rings. The van der Waals surface area contributed by atoms with Gasteiger partial charge >= 0.3 is 0 Å². The van der Waals surface area contributed by atoms with Gasteiger partial charge in [-0.25, -0.2) is 0 Å². The normalized spacial score (nSPS) is 25.7. The molecule has 0 aromatic rings. The lowest BCUT2D eigenvalue weighted by atomic mass is 10.0. The molecular weight excluding hydrogens is 955 g/mol. The van der Waals surface area contributed by atoms with Crippen LogP contribution in [-0.4, -0.2) is 160 Å². The Morgan fingerprint density at radius 2 is 1.26 bits per heavy atom. The number of carbonyl (C=O) groups is 9. The quantitative estimate of drug-likeness (QED) is 0.0345. The highest BCUT2D eigenvalue weighted by molar-refractivity contribution is 8.77. The first kappa shape index (κ1) is 59.9. The van der Waals surface area contributed by atoms with Crippen LogP contribution in [0, 0.1) is 5.92 Å². The van der Waals surface area contributed by atoms with Crippen molar-refractivity contribution in [2.24, 2.45) is 44.6 Å². The topological polar surface area (TPSA) is 396 Å². The summed E-state index contributed by atoms with van der Waals surface area (Å²) in [4.78, 5) is 133. The van der Waals surface area contributed by atoms with Crippen molar-refractivity contribution in [3.8, 4) is 0 Å². The summed E-state index contributed by atoms with van der Waals surface area (Å²) in [6.45, 7) is 11.2. The summed E-state index contributed by atoms with van der Waals surface area (Å²) in [5.41, 5.74) is 27.8. The van der Waals surface area contributed by atoms with E-state index in [4.69, 9.17) is 28.7 Å². The van der Waals surface area contributed by atoms with E-state index in [0.29, 0.717) is 12.2 Å². The second-order valence-corrected chi connectivity index (χ2v) is 22.8. The molecule has 9 amide bonds. The Labute approximate surface area is 416 Å². The standard InChI is InChI=1S/C42H75N15O9S3/c1-22(2)20-27-35(63)52-24(12-9-16-48-39(44)45)33(61)50-21-29(59)56-30(32(43)60)41(4,5)68-69-42(6,7)31(51-23(3)58)37(65)54-26(15-19-67-8)38(66)57-18-11-14-28(57)36(64)53-25(34(62)55-27)13-10-17-49-40(46)47/h22,24-28,30-31H,9-21H2,1-8H3,(H2,43,60)(H,50,61)(H,51,58)(H,52,63)(H,53,64)(H,54,65)(H,55,62)(H,56,59)(H4,44,45,48)(H4,46,47,49)/t24-,25-,26-,27-,28-,30+,31+/m0/s1. The highest BCUT2D eigenvalue weighted by Crippen LogP contribution is 2.46. The average Bonchev–Trinajstić information content (AvgIpc) is 3.75. The molecule has 0 bridgehead atoms. The van der Waals surface area contributed by atoms with Gasteiger partial charge in [-0.05, 0) is 97.0 Å². The summed E-state index contributed by atoms with van der Waals surface area (Å²) in [6, 6.07) is -8.48. The Bertz CT molecular complexity index is 1900. The zero-order valence-electron chi connectivity index (χ0n) is 40.9. The minimum atomic E-state index is -1.33. The zero-order valence-corrected chi connectivity index (χ0v) is 43.4. The molecule has 0 aromatic heterocycles. The van der Waals surface area contributed by atoms with Crippen molar-refractivity contribution in [1.29, 1.82) is 0 Å². The second kappa shape index (κ2) is 28.5. The molecule has 17 N–H and O–H groups in total. The minimum absolute atomic E-state index is 0.00533. The van der Waals surface area contributed by atoms with Gasteiger partial charge in [0.1, 0.15) is 42.3 Å². The molecule has 0 saturated carbocycles. The van der Waals surface area contributed by atoms with Crippen LogP contribution < -0.4 is 65.9 Å². The number of carbonyl (C=O) groups excluding carboxylic acids is 9. The Morgan fingerprint density at radius 1 is 0.739 bits per heavy atom. The van der Waals surface area contributed by atoms with Gasteiger partial charge in [-0.1, -0.05) is 35.4 Å². The van der Waals surface area contributed by atoms with Crippen molar-refractivity contribution in [3.63, 3.8) is 0 Å². The maximum Gasteiger partial charge on any atom is 0.245 e. The predicted molar refractivity (Wildman–Crippen MR) is 270 cm³/mol. The molecule has 0 spiro atoms. The molecule has 0 aliphatic carbocycles. The molecule has 0 radical (unpaired) electrons. The molecule has 2 saturated heterocycles. The smallest absolute Gasteiger partial charge is 0.245 e. The molecule has 2 rings (SSSR count). The van der Waals surface area contributed by atoms with Gasteiger partial charge in [-0.15, -0.1) is 0 Å². The number of amides is 9. The van der Waals surface area contributed by atoms with Gasteiger partial charge in [-0.3, -0.25) is 53.1 Å². The number of aliphatic imine (C=N–C) groups is 2. The van der Waals surface area contributed by atoms with Crippen LogP contribution in [0.25, 0.3) is 0 Å². The van der Waals surface area contributed by atoms with E-state index in [2.05, 4.69) is 47.2 Å². The minimum Gasteiger partial charge on any atom is -0.370 e. The molecule has 69 heavy (non-hydrogen) atoms. The van der Waals surface area contributed by atoms with Crippen molar-refractivity contribution in [3.05, 3.63) is 0 Å². The van der Waals surface area contributed by atoms with E-state index in [1.807, 2.05) is 20.1 Å². The van der Waals surface area contributed by atoms with Crippen molar-refractivity contribution < 1.29 is 43.2 Å². The number of nitrogens with two attached hydrogens (primary N) is 5. The van der Waals surface area contributed by atoms with Crippen LogP contribution >= 0.6 is 33.3 Å². The largest absolute Gasteiger partial charge is 0.370 e. The summed E-state index contributed by atoms with van der Waals surface area (Å²) in [6.07, 6.45) is 3.22. The number of primary amides is 1. The number of hydrogen-bond donors (Lipinski definition) is 12. The Kier molecular flexibility index (Phi) is 24.7. The van der Waals surface area contributed by atoms with Gasteiger partial charge in [0.15, 0.2) is 11.9 Å². The Hall–Kier alpha value is -5.18. The number of fused-ring (bicyclic) bond motifs is 1. The first-order valence-electron chi connectivity index (χ1n) is 22.8. The Balaban J connectivity index is 2.75. The van der Waals surface area contributed by atoms with Gasteiger partial charge in [-0.2, -0.15) is 11.8 Å². The molecule has 2 aliphatic rings. The summed E-state index contributed by atoms with van der Waals surface area (Å²) < 4.78 is -2.31. The number of hydrogen-bond acceptors (Lipinski definition) is 14. The molecule has 2 heterocycles. The molecule has 0 aromatic carbocycles. The van der Waals surface area contributed by atoms with Crippen LogP contribution in [0.5, 0.6) is 0 Å². The average molecular weight is 1030 g/mol. The maximum atomic E-state index is 14.5. The van der Waals surface area contributed by atoms with Gasteiger partial charge in [0.2, 0.25) is 53.2 Å². The third-order valence-electron chi connectivity index (χ3n) is 11.0. The van der Waals surface area contributed by atoms with E-state index < -0.39 is 111 Å². The van der Waals surface area contributed by atoms with E-state index in [9.17, 15) is 43.2 Å². The first-order valence-corrected chi connectivity index (χ1v) is 26.4. The van der Waals surface area contributed by atoms with Crippen LogP contribution in [0.3, 0.4) is 0 Å².